The zero-order valence-corrected chi connectivity index (χ0v) is 18.2. The van der Waals surface area contributed by atoms with Crippen molar-refractivity contribution < 1.29 is 14.3 Å². The summed E-state index contributed by atoms with van der Waals surface area (Å²) in [7, 11) is 1.93. The van der Waals surface area contributed by atoms with E-state index in [1.165, 1.54) is 6.92 Å². The van der Waals surface area contributed by atoms with E-state index in [4.69, 9.17) is 4.74 Å². The van der Waals surface area contributed by atoms with Crippen molar-refractivity contribution in [2.24, 2.45) is 0 Å². The smallest absolute Gasteiger partial charge is 0.246 e. The molecule has 1 amide bonds. The summed E-state index contributed by atoms with van der Waals surface area (Å²) in [6, 6.07) is 24.1. The maximum absolute atomic E-state index is 13.3. The number of likely N-dealkylation sites (N-methyl/N-ethyl adjacent to an activating group) is 1. The van der Waals surface area contributed by atoms with Gasteiger partial charge in [-0.2, -0.15) is 0 Å². The molecule has 0 bridgehead atoms. The molecule has 31 heavy (non-hydrogen) atoms. The quantitative estimate of drug-likeness (QED) is 0.493. The number of hydrogen-bond acceptors (Lipinski definition) is 4. The maximum Gasteiger partial charge on any atom is 0.246 e. The molecule has 1 N–H and O–H groups in total. The molecule has 0 aliphatic carbocycles. The van der Waals surface area contributed by atoms with E-state index in [1.807, 2.05) is 73.5 Å². The van der Waals surface area contributed by atoms with Gasteiger partial charge in [-0.1, -0.05) is 54.6 Å². The van der Waals surface area contributed by atoms with E-state index >= 15 is 0 Å². The van der Waals surface area contributed by atoms with E-state index in [0.29, 0.717) is 24.4 Å². The fourth-order valence-corrected chi connectivity index (χ4v) is 3.50. The molecular formula is C26H28N2O3. The Hall–Kier alpha value is -3.44. The normalized spacial score (nSPS) is 11.7. The van der Waals surface area contributed by atoms with Gasteiger partial charge in [0.15, 0.2) is 5.78 Å². The Morgan fingerprint density at radius 3 is 2.32 bits per heavy atom. The Labute approximate surface area is 183 Å². The Kier molecular flexibility index (Phi) is 7.57. The molecule has 1 unspecified atom stereocenters. The Morgan fingerprint density at radius 2 is 1.68 bits per heavy atom. The number of ether oxygens (including phenoxy) is 1. The zero-order valence-electron chi connectivity index (χ0n) is 18.2. The summed E-state index contributed by atoms with van der Waals surface area (Å²) in [5.74, 6) is 0.639. The first-order valence-corrected chi connectivity index (χ1v) is 10.4. The molecule has 5 nitrogen and oxygen atoms in total. The number of hydrogen-bond donors (Lipinski definition) is 1. The monoisotopic (exact) mass is 416 g/mol. The van der Waals surface area contributed by atoms with Gasteiger partial charge in [-0.15, -0.1) is 0 Å². The number of ketones is 1. The first kappa shape index (κ1) is 22.2. The van der Waals surface area contributed by atoms with Crippen molar-refractivity contribution in [3.63, 3.8) is 0 Å². The fraction of sp³-hybridized carbons (Fsp3) is 0.231. The molecule has 3 aromatic carbocycles. The molecule has 0 saturated carbocycles. The van der Waals surface area contributed by atoms with Gasteiger partial charge in [0.2, 0.25) is 5.91 Å². The summed E-state index contributed by atoms with van der Waals surface area (Å²) < 4.78 is 5.51. The second-order valence-corrected chi connectivity index (χ2v) is 7.43. The fourth-order valence-electron chi connectivity index (χ4n) is 3.50. The summed E-state index contributed by atoms with van der Waals surface area (Å²) in [5.41, 5.74) is 3.15. The summed E-state index contributed by atoms with van der Waals surface area (Å²) in [6.07, 6.45) is 0. The number of rotatable bonds is 9. The molecule has 0 aromatic heterocycles. The molecule has 0 spiro atoms. The van der Waals surface area contributed by atoms with Gasteiger partial charge in [-0.3, -0.25) is 14.5 Å². The number of nitrogens with zero attached hydrogens (tertiary/aromatic N) is 1. The lowest BCUT2D eigenvalue weighted by molar-refractivity contribution is -0.121. The van der Waals surface area contributed by atoms with Crippen LogP contribution in [0.1, 0.15) is 41.4 Å². The second kappa shape index (κ2) is 10.5. The summed E-state index contributed by atoms with van der Waals surface area (Å²) in [6.45, 7) is 4.68. The van der Waals surface area contributed by atoms with Gasteiger partial charge in [-0.05, 0) is 56.3 Å². The third kappa shape index (κ3) is 6.03. The molecule has 0 fully saturated rings. The van der Waals surface area contributed by atoms with Crippen LogP contribution in [0.15, 0.2) is 78.9 Å². The van der Waals surface area contributed by atoms with Gasteiger partial charge >= 0.3 is 0 Å². The average Bonchev–Trinajstić information content (AvgIpc) is 2.76. The van der Waals surface area contributed by atoms with Crippen molar-refractivity contribution >= 4 is 17.4 Å². The molecule has 0 heterocycles. The van der Waals surface area contributed by atoms with Gasteiger partial charge in [0, 0.05) is 17.8 Å². The number of benzene rings is 3. The molecule has 160 valence electrons. The highest BCUT2D eigenvalue weighted by Crippen LogP contribution is 2.24. The predicted octanol–water partition coefficient (Wildman–Crippen LogP) is 5.10. The number of carbonyl (C=O) groups is 2. The Balaban J connectivity index is 1.81. The van der Waals surface area contributed by atoms with Crippen LogP contribution in [-0.4, -0.2) is 30.2 Å². The first-order valence-electron chi connectivity index (χ1n) is 10.4. The van der Waals surface area contributed by atoms with E-state index in [0.717, 1.165) is 16.9 Å². The summed E-state index contributed by atoms with van der Waals surface area (Å²) >= 11 is 0. The van der Waals surface area contributed by atoms with E-state index < -0.39 is 6.04 Å². The van der Waals surface area contributed by atoms with Gasteiger partial charge in [0.25, 0.3) is 0 Å². The van der Waals surface area contributed by atoms with Crippen molar-refractivity contribution in [2.45, 2.75) is 26.4 Å². The van der Waals surface area contributed by atoms with Crippen LogP contribution in [0.5, 0.6) is 5.75 Å². The van der Waals surface area contributed by atoms with E-state index in [1.54, 1.807) is 24.3 Å². The molecule has 3 rings (SSSR count). The molecular weight excluding hydrogens is 388 g/mol. The van der Waals surface area contributed by atoms with Gasteiger partial charge < -0.3 is 10.1 Å². The van der Waals surface area contributed by atoms with Crippen LogP contribution >= 0.6 is 0 Å². The van der Waals surface area contributed by atoms with E-state index in [-0.39, 0.29) is 11.7 Å². The van der Waals surface area contributed by atoms with Crippen LogP contribution in [-0.2, 0) is 11.3 Å². The largest absolute Gasteiger partial charge is 0.494 e. The molecule has 0 aliphatic rings. The molecule has 3 aromatic rings. The van der Waals surface area contributed by atoms with Crippen LogP contribution in [0, 0.1) is 0 Å². The van der Waals surface area contributed by atoms with Gasteiger partial charge in [-0.25, -0.2) is 0 Å². The number of nitrogens with one attached hydrogen (secondary N) is 1. The highest BCUT2D eigenvalue weighted by Gasteiger charge is 2.25. The molecule has 0 aliphatic heterocycles. The van der Waals surface area contributed by atoms with Crippen LogP contribution in [0.3, 0.4) is 0 Å². The Morgan fingerprint density at radius 1 is 0.968 bits per heavy atom. The minimum atomic E-state index is -0.492. The lowest BCUT2D eigenvalue weighted by atomic mass is 10.0. The van der Waals surface area contributed by atoms with Crippen LogP contribution in [0.25, 0.3) is 0 Å². The maximum atomic E-state index is 13.3. The van der Waals surface area contributed by atoms with Crippen molar-refractivity contribution in [1.82, 2.24) is 4.90 Å². The second-order valence-electron chi connectivity index (χ2n) is 7.43. The summed E-state index contributed by atoms with van der Waals surface area (Å²) in [5, 5.41) is 2.98. The van der Waals surface area contributed by atoms with E-state index in [9.17, 15) is 9.59 Å². The average molecular weight is 417 g/mol. The van der Waals surface area contributed by atoms with Crippen molar-refractivity contribution in [2.75, 3.05) is 19.0 Å². The summed E-state index contributed by atoms with van der Waals surface area (Å²) in [4.78, 5) is 27.0. The van der Waals surface area contributed by atoms with Crippen molar-refractivity contribution in [3.05, 3.63) is 95.6 Å². The molecule has 0 saturated heterocycles. The topological polar surface area (TPSA) is 58.6 Å². The standard InChI is InChI=1S/C26H28N2O3/c1-4-31-24-15-13-20(14-16-24)18-28(3)25(21-9-6-5-7-10-21)26(30)27-23-12-8-11-22(17-23)19(2)29/h5-17,25H,4,18H2,1-3H3,(H,27,30). The van der Waals surface area contributed by atoms with Crippen LogP contribution in [0.2, 0.25) is 0 Å². The highest BCUT2D eigenvalue weighted by molar-refractivity contribution is 5.98. The van der Waals surface area contributed by atoms with Gasteiger partial charge in [0.05, 0.1) is 6.61 Å². The molecule has 5 heteroatoms. The Bertz CT molecular complexity index is 1020. The third-order valence-corrected chi connectivity index (χ3v) is 5.01. The lowest BCUT2D eigenvalue weighted by Gasteiger charge is -2.28. The lowest BCUT2D eigenvalue weighted by Crippen LogP contribution is -2.34. The van der Waals surface area contributed by atoms with Crippen molar-refractivity contribution in [1.29, 1.82) is 0 Å². The number of Topliss-reactive ketones (excluding diaryl/α,β-unsaturated/α-hetero) is 1. The van der Waals surface area contributed by atoms with E-state index in [2.05, 4.69) is 5.32 Å². The first-order chi connectivity index (χ1) is 15.0. The van der Waals surface area contributed by atoms with Crippen molar-refractivity contribution in [3.8, 4) is 5.75 Å². The van der Waals surface area contributed by atoms with Crippen LogP contribution < -0.4 is 10.1 Å². The minimum absolute atomic E-state index is 0.0386. The SMILES string of the molecule is CCOc1ccc(CN(C)C(C(=O)Nc2cccc(C(C)=O)c2)c2ccccc2)cc1. The number of carbonyl (C=O) groups excluding carboxylic acids is 2. The zero-order chi connectivity index (χ0) is 22.2. The highest BCUT2D eigenvalue weighted by atomic mass is 16.5. The number of anilines is 1. The predicted molar refractivity (Wildman–Crippen MR) is 123 cm³/mol. The molecule has 0 radical (unpaired) electrons. The van der Waals surface area contributed by atoms with Gasteiger partial charge in [0.1, 0.15) is 11.8 Å². The molecule has 1 atom stereocenters. The van der Waals surface area contributed by atoms with Crippen LogP contribution in [0.4, 0.5) is 5.69 Å². The number of amides is 1. The third-order valence-electron chi connectivity index (χ3n) is 5.01. The minimum Gasteiger partial charge on any atom is -0.494 e.